The highest BCUT2D eigenvalue weighted by molar-refractivity contribution is 5.94. The highest BCUT2D eigenvalue weighted by atomic mass is 16.3. The van der Waals surface area contributed by atoms with Crippen LogP contribution in [0.1, 0.15) is 47.4 Å². The molecule has 134 valence electrons. The Hall–Kier alpha value is -2.95. The van der Waals surface area contributed by atoms with Gasteiger partial charge >= 0.3 is 0 Å². The zero-order valence-electron chi connectivity index (χ0n) is 15.6. The van der Waals surface area contributed by atoms with Gasteiger partial charge in [0.25, 0.3) is 5.91 Å². The van der Waals surface area contributed by atoms with E-state index in [0.29, 0.717) is 5.56 Å². The summed E-state index contributed by atoms with van der Waals surface area (Å²) in [5, 5.41) is 0. The molecule has 0 saturated heterocycles. The van der Waals surface area contributed by atoms with Crippen LogP contribution in [0, 0.1) is 6.92 Å². The van der Waals surface area contributed by atoms with Crippen LogP contribution in [-0.4, -0.2) is 27.8 Å². The van der Waals surface area contributed by atoms with Crippen molar-refractivity contribution in [1.82, 2.24) is 14.9 Å². The molecule has 0 spiro atoms. The average molecular weight is 349 g/mol. The Kier molecular flexibility index (Phi) is 5.16. The van der Waals surface area contributed by atoms with E-state index in [1.54, 1.807) is 18.2 Å². The summed E-state index contributed by atoms with van der Waals surface area (Å²) in [6.45, 7) is 5.91. The summed E-state index contributed by atoms with van der Waals surface area (Å²) in [7, 11) is 1.78. The van der Waals surface area contributed by atoms with Crippen LogP contribution in [0.15, 0.2) is 53.3 Å². The van der Waals surface area contributed by atoms with Gasteiger partial charge in [-0.1, -0.05) is 19.1 Å². The number of carbonyl (C=O) groups excluding carboxylic acids is 1. The molecule has 3 aromatic rings. The van der Waals surface area contributed by atoms with Crippen LogP contribution in [0.3, 0.4) is 0 Å². The predicted molar refractivity (Wildman–Crippen MR) is 101 cm³/mol. The Morgan fingerprint density at radius 2 is 1.96 bits per heavy atom. The molecule has 0 aliphatic rings. The van der Waals surface area contributed by atoms with Crippen molar-refractivity contribution in [3.8, 4) is 11.3 Å². The van der Waals surface area contributed by atoms with Crippen LogP contribution in [-0.2, 0) is 6.42 Å². The van der Waals surface area contributed by atoms with Crippen molar-refractivity contribution in [2.24, 2.45) is 0 Å². The van der Waals surface area contributed by atoms with Gasteiger partial charge in [0.1, 0.15) is 11.6 Å². The van der Waals surface area contributed by atoms with Crippen molar-refractivity contribution in [3.05, 3.63) is 71.6 Å². The van der Waals surface area contributed by atoms with Gasteiger partial charge in [-0.3, -0.25) is 4.79 Å². The van der Waals surface area contributed by atoms with E-state index in [0.717, 1.165) is 34.8 Å². The molecule has 1 amide bonds. The monoisotopic (exact) mass is 349 g/mol. The van der Waals surface area contributed by atoms with Crippen molar-refractivity contribution in [1.29, 1.82) is 0 Å². The topological polar surface area (TPSA) is 59.2 Å². The molecule has 2 heterocycles. The van der Waals surface area contributed by atoms with Gasteiger partial charge in [0.15, 0.2) is 0 Å². The largest absolute Gasteiger partial charge is 0.467 e. The molecule has 5 nitrogen and oxygen atoms in total. The number of furan rings is 1. The smallest absolute Gasteiger partial charge is 0.254 e. The van der Waals surface area contributed by atoms with Crippen LogP contribution >= 0.6 is 0 Å². The van der Waals surface area contributed by atoms with Crippen LogP contribution in [0.4, 0.5) is 0 Å². The molecule has 5 heteroatoms. The van der Waals surface area contributed by atoms with Gasteiger partial charge in [0, 0.05) is 24.4 Å². The number of aromatic nitrogens is 2. The first-order chi connectivity index (χ1) is 12.5. The first-order valence-corrected chi connectivity index (χ1v) is 8.74. The van der Waals surface area contributed by atoms with E-state index in [2.05, 4.69) is 16.9 Å². The standard InChI is InChI=1S/C21H23N3O2/c1-5-16-13-22-15(3)23-20(16)17-8-10-18(11-9-17)21(25)24(4)14(2)19-7-6-12-26-19/h6-14H,5H2,1-4H3. The lowest BCUT2D eigenvalue weighted by Crippen LogP contribution is -2.29. The van der Waals surface area contributed by atoms with E-state index in [1.807, 2.05) is 56.4 Å². The third kappa shape index (κ3) is 3.52. The van der Waals surface area contributed by atoms with Gasteiger partial charge in [0.05, 0.1) is 18.0 Å². The van der Waals surface area contributed by atoms with Crippen LogP contribution in [0.2, 0.25) is 0 Å². The Bertz CT molecular complexity index is 886. The second-order valence-electron chi connectivity index (χ2n) is 6.33. The van der Waals surface area contributed by atoms with Crippen molar-refractivity contribution >= 4 is 5.91 Å². The van der Waals surface area contributed by atoms with E-state index in [9.17, 15) is 4.79 Å². The Labute approximate surface area is 153 Å². The molecular weight excluding hydrogens is 326 g/mol. The molecule has 26 heavy (non-hydrogen) atoms. The Balaban J connectivity index is 1.83. The van der Waals surface area contributed by atoms with E-state index in [-0.39, 0.29) is 11.9 Å². The Morgan fingerprint density at radius 1 is 1.23 bits per heavy atom. The molecule has 1 unspecified atom stereocenters. The quantitative estimate of drug-likeness (QED) is 0.683. The van der Waals surface area contributed by atoms with Gasteiger partial charge in [0.2, 0.25) is 0 Å². The number of carbonyl (C=O) groups is 1. The summed E-state index contributed by atoms with van der Waals surface area (Å²) in [6, 6.07) is 11.2. The van der Waals surface area contributed by atoms with Gasteiger partial charge < -0.3 is 9.32 Å². The van der Waals surface area contributed by atoms with E-state index >= 15 is 0 Å². The number of aryl methyl sites for hydroxylation is 2. The van der Waals surface area contributed by atoms with Gasteiger partial charge in [-0.2, -0.15) is 0 Å². The first-order valence-electron chi connectivity index (χ1n) is 8.74. The van der Waals surface area contributed by atoms with Crippen molar-refractivity contribution in [2.45, 2.75) is 33.2 Å². The molecule has 0 aliphatic carbocycles. The van der Waals surface area contributed by atoms with Gasteiger partial charge in [-0.15, -0.1) is 0 Å². The maximum atomic E-state index is 12.8. The second kappa shape index (κ2) is 7.52. The summed E-state index contributed by atoms with van der Waals surface area (Å²) in [6.07, 6.45) is 4.35. The number of amides is 1. The predicted octanol–water partition coefficient (Wildman–Crippen LogP) is 4.44. The normalized spacial score (nSPS) is 12.0. The van der Waals surface area contributed by atoms with Gasteiger partial charge in [-0.25, -0.2) is 9.97 Å². The molecule has 0 aliphatic heterocycles. The lowest BCUT2D eigenvalue weighted by Gasteiger charge is -2.23. The SMILES string of the molecule is CCc1cnc(C)nc1-c1ccc(C(=O)N(C)C(C)c2ccco2)cc1. The summed E-state index contributed by atoms with van der Waals surface area (Å²) in [4.78, 5) is 23.3. The maximum Gasteiger partial charge on any atom is 0.254 e. The molecule has 3 rings (SSSR count). The second-order valence-corrected chi connectivity index (χ2v) is 6.33. The molecule has 0 bridgehead atoms. The zero-order valence-corrected chi connectivity index (χ0v) is 15.6. The highest BCUT2D eigenvalue weighted by Gasteiger charge is 2.21. The molecule has 2 aromatic heterocycles. The number of nitrogens with zero attached hydrogens (tertiary/aromatic N) is 3. The Morgan fingerprint density at radius 3 is 2.58 bits per heavy atom. The van der Waals surface area contributed by atoms with Crippen LogP contribution in [0.25, 0.3) is 11.3 Å². The van der Waals surface area contributed by atoms with E-state index < -0.39 is 0 Å². The van der Waals surface area contributed by atoms with Gasteiger partial charge in [-0.05, 0) is 50.1 Å². The summed E-state index contributed by atoms with van der Waals surface area (Å²) >= 11 is 0. The molecule has 0 radical (unpaired) electrons. The third-order valence-electron chi connectivity index (χ3n) is 4.63. The number of hydrogen-bond donors (Lipinski definition) is 0. The fourth-order valence-electron chi connectivity index (χ4n) is 2.87. The third-order valence-corrected chi connectivity index (χ3v) is 4.63. The average Bonchev–Trinajstić information content (AvgIpc) is 3.21. The number of rotatable bonds is 5. The van der Waals surface area contributed by atoms with Crippen molar-refractivity contribution < 1.29 is 9.21 Å². The fourth-order valence-corrected chi connectivity index (χ4v) is 2.87. The van der Waals surface area contributed by atoms with E-state index in [1.165, 1.54) is 0 Å². The molecule has 0 fully saturated rings. The van der Waals surface area contributed by atoms with E-state index in [4.69, 9.17) is 4.42 Å². The number of benzene rings is 1. The van der Waals surface area contributed by atoms with Crippen molar-refractivity contribution in [2.75, 3.05) is 7.05 Å². The molecular formula is C21H23N3O2. The molecule has 1 atom stereocenters. The lowest BCUT2D eigenvalue weighted by molar-refractivity contribution is 0.0726. The minimum Gasteiger partial charge on any atom is -0.467 e. The summed E-state index contributed by atoms with van der Waals surface area (Å²) in [5.41, 5.74) is 3.65. The first kappa shape index (κ1) is 17.9. The lowest BCUT2D eigenvalue weighted by atomic mass is 10.0. The molecule has 0 N–H and O–H groups in total. The maximum absolute atomic E-state index is 12.8. The summed E-state index contributed by atoms with van der Waals surface area (Å²) < 4.78 is 5.41. The van der Waals surface area contributed by atoms with Crippen LogP contribution < -0.4 is 0 Å². The molecule has 0 saturated carbocycles. The molecule has 1 aromatic carbocycles. The summed E-state index contributed by atoms with van der Waals surface area (Å²) in [5.74, 6) is 1.46. The highest BCUT2D eigenvalue weighted by Crippen LogP contribution is 2.24. The van der Waals surface area contributed by atoms with Crippen LogP contribution in [0.5, 0.6) is 0 Å². The zero-order chi connectivity index (χ0) is 18.7. The number of hydrogen-bond acceptors (Lipinski definition) is 4. The minimum absolute atomic E-state index is 0.0463. The fraction of sp³-hybridized carbons (Fsp3) is 0.286. The van der Waals surface area contributed by atoms with Crippen molar-refractivity contribution in [3.63, 3.8) is 0 Å². The minimum atomic E-state index is -0.131.